The molecule has 0 bridgehead atoms. The maximum Gasteiger partial charge on any atom is 0.242 e. The summed E-state index contributed by atoms with van der Waals surface area (Å²) in [5.41, 5.74) is 1.64. The number of hydrogen-bond donors (Lipinski definition) is 1. The first kappa shape index (κ1) is 18.3. The SMILES string of the molecule is COc1ccc(NC(=O)C2(C(=O)N3CCCc4ccccc43)CC2)c(OC)c1. The lowest BCUT2D eigenvalue weighted by Crippen LogP contribution is -2.45. The molecule has 0 spiro atoms. The number of hydrogen-bond acceptors (Lipinski definition) is 4. The molecule has 28 heavy (non-hydrogen) atoms. The van der Waals surface area contributed by atoms with Gasteiger partial charge in [-0.2, -0.15) is 0 Å². The van der Waals surface area contributed by atoms with Crippen LogP contribution in [0.3, 0.4) is 0 Å². The Labute approximate surface area is 164 Å². The summed E-state index contributed by atoms with van der Waals surface area (Å²) < 4.78 is 10.5. The van der Waals surface area contributed by atoms with Gasteiger partial charge in [0.05, 0.1) is 19.9 Å². The highest BCUT2D eigenvalue weighted by atomic mass is 16.5. The van der Waals surface area contributed by atoms with Gasteiger partial charge in [0.25, 0.3) is 0 Å². The molecular formula is C22H24N2O4. The summed E-state index contributed by atoms with van der Waals surface area (Å²) in [6, 6.07) is 13.1. The minimum absolute atomic E-state index is 0.107. The lowest BCUT2D eigenvalue weighted by molar-refractivity contribution is -0.132. The van der Waals surface area contributed by atoms with E-state index in [1.807, 2.05) is 18.2 Å². The topological polar surface area (TPSA) is 67.9 Å². The maximum atomic E-state index is 13.3. The second-order valence-corrected chi connectivity index (χ2v) is 7.29. The van der Waals surface area contributed by atoms with Crippen LogP contribution in [0.4, 0.5) is 11.4 Å². The van der Waals surface area contributed by atoms with Crippen molar-refractivity contribution in [1.29, 1.82) is 0 Å². The second kappa shape index (κ2) is 7.19. The molecule has 6 heteroatoms. The van der Waals surface area contributed by atoms with Crippen molar-refractivity contribution in [2.75, 3.05) is 31.0 Å². The van der Waals surface area contributed by atoms with Crippen molar-refractivity contribution in [3.8, 4) is 11.5 Å². The van der Waals surface area contributed by atoms with Gasteiger partial charge in [0.2, 0.25) is 11.8 Å². The van der Waals surface area contributed by atoms with Crippen LogP contribution in [0.15, 0.2) is 42.5 Å². The maximum absolute atomic E-state index is 13.3. The summed E-state index contributed by atoms with van der Waals surface area (Å²) in [4.78, 5) is 28.2. The summed E-state index contributed by atoms with van der Waals surface area (Å²) in [5.74, 6) is 0.755. The molecule has 4 rings (SSSR count). The first-order valence-electron chi connectivity index (χ1n) is 9.52. The highest BCUT2D eigenvalue weighted by molar-refractivity contribution is 6.18. The molecule has 2 aromatic rings. The van der Waals surface area contributed by atoms with Crippen LogP contribution in [0.2, 0.25) is 0 Å². The number of benzene rings is 2. The van der Waals surface area contributed by atoms with Gasteiger partial charge in [-0.15, -0.1) is 0 Å². The monoisotopic (exact) mass is 380 g/mol. The first-order valence-corrected chi connectivity index (χ1v) is 9.52. The summed E-state index contributed by atoms with van der Waals surface area (Å²) >= 11 is 0. The number of rotatable bonds is 5. The van der Waals surface area contributed by atoms with Gasteiger partial charge in [0.1, 0.15) is 16.9 Å². The number of aryl methyl sites for hydroxylation is 1. The normalized spacial score (nSPS) is 16.7. The Morgan fingerprint density at radius 2 is 1.86 bits per heavy atom. The fraction of sp³-hybridized carbons (Fsp3) is 0.364. The highest BCUT2D eigenvalue weighted by Gasteiger charge is 2.58. The van der Waals surface area contributed by atoms with E-state index in [2.05, 4.69) is 11.4 Å². The molecular weight excluding hydrogens is 356 g/mol. The number of carbonyl (C=O) groups excluding carboxylic acids is 2. The smallest absolute Gasteiger partial charge is 0.242 e. The van der Waals surface area contributed by atoms with Crippen LogP contribution in [-0.4, -0.2) is 32.6 Å². The number of para-hydroxylation sites is 1. The van der Waals surface area contributed by atoms with Crippen molar-refractivity contribution in [3.05, 3.63) is 48.0 Å². The van der Waals surface area contributed by atoms with E-state index in [1.165, 1.54) is 7.11 Å². The predicted molar refractivity (Wildman–Crippen MR) is 107 cm³/mol. The molecule has 1 fully saturated rings. The fourth-order valence-electron chi connectivity index (χ4n) is 3.81. The van der Waals surface area contributed by atoms with Gasteiger partial charge < -0.3 is 19.7 Å². The minimum Gasteiger partial charge on any atom is -0.497 e. The minimum atomic E-state index is -0.991. The van der Waals surface area contributed by atoms with Crippen molar-refractivity contribution in [2.24, 2.45) is 5.41 Å². The molecule has 2 aromatic carbocycles. The lowest BCUT2D eigenvalue weighted by Gasteiger charge is -2.32. The van der Waals surface area contributed by atoms with Gasteiger partial charge in [-0.05, 0) is 49.4 Å². The van der Waals surface area contributed by atoms with Crippen LogP contribution < -0.4 is 19.7 Å². The zero-order valence-electron chi connectivity index (χ0n) is 16.2. The molecule has 146 valence electrons. The Morgan fingerprint density at radius 3 is 2.57 bits per heavy atom. The molecule has 2 amide bonds. The molecule has 0 aromatic heterocycles. The zero-order chi connectivity index (χ0) is 19.7. The Balaban J connectivity index is 1.56. The molecule has 1 heterocycles. The fourth-order valence-corrected chi connectivity index (χ4v) is 3.81. The van der Waals surface area contributed by atoms with Gasteiger partial charge in [-0.25, -0.2) is 0 Å². The Kier molecular flexibility index (Phi) is 4.71. The number of nitrogens with one attached hydrogen (secondary N) is 1. The Bertz CT molecular complexity index is 921. The van der Waals surface area contributed by atoms with Crippen LogP contribution in [0.25, 0.3) is 0 Å². The average molecular weight is 380 g/mol. The molecule has 1 N–H and O–H groups in total. The van der Waals surface area contributed by atoms with Crippen LogP contribution in [0.1, 0.15) is 24.8 Å². The Morgan fingerprint density at radius 1 is 1.07 bits per heavy atom. The number of fused-ring (bicyclic) bond motifs is 1. The third-order valence-electron chi connectivity index (χ3n) is 5.61. The molecule has 0 atom stereocenters. The number of nitrogens with zero attached hydrogens (tertiary/aromatic N) is 1. The van der Waals surface area contributed by atoms with Crippen molar-refractivity contribution < 1.29 is 19.1 Å². The number of carbonyl (C=O) groups is 2. The van der Waals surface area contributed by atoms with Crippen LogP contribution in [0, 0.1) is 5.41 Å². The summed E-state index contributed by atoms with van der Waals surface area (Å²) in [6.07, 6.45) is 3.00. The Hall–Kier alpha value is -3.02. The summed E-state index contributed by atoms with van der Waals surface area (Å²) in [7, 11) is 3.11. The predicted octanol–water partition coefficient (Wildman–Crippen LogP) is 3.40. The third-order valence-corrected chi connectivity index (χ3v) is 5.61. The largest absolute Gasteiger partial charge is 0.497 e. The number of anilines is 2. The van der Waals surface area contributed by atoms with Gasteiger partial charge in [0.15, 0.2) is 0 Å². The third kappa shape index (κ3) is 3.09. The van der Waals surface area contributed by atoms with Gasteiger partial charge >= 0.3 is 0 Å². The molecule has 1 aliphatic carbocycles. The van der Waals surface area contributed by atoms with Crippen LogP contribution in [-0.2, 0) is 16.0 Å². The standard InChI is InChI=1S/C22H24N2O4/c1-27-16-9-10-17(19(14-16)28-2)23-20(25)22(11-12-22)21(26)24-13-5-7-15-6-3-4-8-18(15)24/h3-4,6,8-10,14H,5,7,11-13H2,1-2H3,(H,23,25). The number of amides is 2. The van der Waals surface area contributed by atoms with E-state index in [0.29, 0.717) is 36.6 Å². The lowest BCUT2D eigenvalue weighted by atomic mass is 9.97. The van der Waals surface area contributed by atoms with E-state index in [0.717, 1.165) is 24.1 Å². The van der Waals surface area contributed by atoms with E-state index in [1.54, 1.807) is 30.2 Å². The molecule has 0 radical (unpaired) electrons. The molecule has 1 saturated carbocycles. The van der Waals surface area contributed by atoms with Gasteiger partial charge in [-0.3, -0.25) is 9.59 Å². The van der Waals surface area contributed by atoms with Crippen molar-refractivity contribution in [3.63, 3.8) is 0 Å². The summed E-state index contributed by atoms with van der Waals surface area (Å²) in [5, 5.41) is 2.89. The zero-order valence-corrected chi connectivity index (χ0v) is 16.2. The average Bonchev–Trinajstić information content (AvgIpc) is 3.55. The second-order valence-electron chi connectivity index (χ2n) is 7.29. The molecule has 0 unspecified atom stereocenters. The van der Waals surface area contributed by atoms with E-state index in [-0.39, 0.29) is 11.8 Å². The molecule has 2 aliphatic rings. The number of ether oxygens (including phenoxy) is 2. The highest BCUT2D eigenvalue weighted by Crippen LogP contribution is 2.50. The van der Waals surface area contributed by atoms with E-state index in [9.17, 15) is 9.59 Å². The first-order chi connectivity index (χ1) is 13.6. The van der Waals surface area contributed by atoms with E-state index < -0.39 is 5.41 Å². The van der Waals surface area contributed by atoms with E-state index >= 15 is 0 Å². The van der Waals surface area contributed by atoms with Gasteiger partial charge in [0, 0.05) is 18.3 Å². The quantitative estimate of drug-likeness (QED) is 0.808. The molecule has 6 nitrogen and oxygen atoms in total. The molecule has 1 aliphatic heterocycles. The van der Waals surface area contributed by atoms with Crippen LogP contribution in [0.5, 0.6) is 11.5 Å². The van der Waals surface area contributed by atoms with Crippen LogP contribution >= 0.6 is 0 Å². The summed E-state index contributed by atoms with van der Waals surface area (Å²) in [6.45, 7) is 0.650. The number of methoxy groups -OCH3 is 2. The van der Waals surface area contributed by atoms with E-state index in [4.69, 9.17) is 9.47 Å². The van der Waals surface area contributed by atoms with Gasteiger partial charge in [-0.1, -0.05) is 18.2 Å². The van der Waals surface area contributed by atoms with Crippen molar-refractivity contribution in [1.82, 2.24) is 0 Å². The van der Waals surface area contributed by atoms with Crippen molar-refractivity contribution in [2.45, 2.75) is 25.7 Å². The van der Waals surface area contributed by atoms with Crippen molar-refractivity contribution >= 4 is 23.2 Å². The molecule has 0 saturated heterocycles.